The molecule has 80 valence electrons. The number of hydrogen-bond donors (Lipinski definition) is 0. The molecule has 0 N–H and O–H groups in total. The molecule has 0 aromatic heterocycles. The first-order valence-electron chi connectivity index (χ1n) is 3.60. The third-order valence-electron chi connectivity index (χ3n) is 1.15. The van der Waals surface area contributed by atoms with Crippen LogP contribution in [0.4, 0.5) is 0 Å². The molecule has 3 nitrogen and oxygen atoms in total. The average Bonchev–Trinajstić information content (AvgIpc) is 2.03. The number of benzene rings is 1. The Bertz CT molecular complexity index is 329. The molecule has 1 aromatic carbocycles. The minimum Gasteiger partial charge on any atom is -0.380 e. The highest BCUT2D eigenvalue weighted by molar-refractivity contribution is 8.31. The highest BCUT2D eigenvalue weighted by Gasteiger charge is 1.88. The number of halogens is 2. The highest BCUT2D eigenvalue weighted by Crippen LogP contribution is 1.99. The van der Waals surface area contributed by atoms with Gasteiger partial charge < -0.3 is 4.74 Å². The van der Waals surface area contributed by atoms with Crippen molar-refractivity contribution < 1.29 is 13.2 Å². The van der Waals surface area contributed by atoms with Gasteiger partial charge in [-0.1, -0.05) is 30.3 Å². The Morgan fingerprint density at radius 3 is 2.00 bits per heavy atom. The Morgan fingerprint density at radius 1 is 1.21 bits per heavy atom. The molecule has 6 heteroatoms. The zero-order chi connectivity index (χ0) is 11.0. The van der Waals surface area contributed by atoms with Gasteiger partial charge in [-0.15, -0.1) is 0 Å². The summed E-state index contributed by atoms with van der Waals surface area (Å²) in [7, 11) is 6.51. The Labute approximate surface area is 92.5 Å². The molecule has 0 unspecified atom stereocenters. The van der Waals surface area contributed by atoms with Crippen molar-refractivity contribution in [2.75, 3.05) is 7.11 Å². The van der Waals surface area contributed by atoms with E-state index < -0.39 is 8.26 Å². The van der Waals surface area contributed by atoms with Gasteiger partial charge in [-0.05, 0) is 5.56 Å². The summed E-state index contributed by atoms with van der Waals surface area (Å²) < 4.78 is 23.3. The van der Waals surface area contributed by atoms with Gasteiger partial charge in [-0.3, -0.25) is 0 Å². The van der Waals surface area contributed by atoms with E-state index in [2.05, 4.69) is 21.4 Å². The molecule has 1 aromatic rings. The third kappa shape index (κ3) is 11.7. The first-order valence-corrected chi connectivity index (χ1v) is 6.74. The van der Waals surface area contributed by atoms with Crippen LogP contribution < -0.4 is 0 Å². The summed E-state index contributed by atoms with van der Waals surface area (Å²) in [6.07, 6.45) is 0. The molecule has 14 heavy (non-hydrogen) atoms. The SMILES string of the molecule is COCc1ccccc1.O=S(=O)(Cl)Cl. The van der Waals surface area contributed by atoms with E-state index >= 15 is 0 Å². The molecule has 0 saturated heterocycles. The van der Waals surface area contributed by atoms with Crippen LogP contribution in [0.1, 0.15) is 5.56 Å². The number of ether oxygens (including phenoxy) is 1. The first-order chi connectivity index (χ1) is 6.43. The normalized spacial score (nSPS) is 10.2. The monoisotopic (exact) mass is 256 g/mol. The van der Waals surface area contributed by atoms with Crippen LogP contribution in [0.25, 0.3) is 0 Å². The maximum Gasteiger partial charge on any atom is 0.317 e. The van der Waals surface area contributed by atoms with Crippen LogP contribution in [0.15, 0.2) is 30.3 Å². The standard InChI is InChI=1S/C8H10O.Cl2O2S/c1-9-7-8-5-3-2-4-6-8;1-5(2,3)4/h2-6H,7H2,1H3;. The van der Waals surface area contributed by atoms with E-state index in [-0.39, 0.29) is 0 Å². The largest absolute Gasteiger partial charge is 0.380 e. The highest BCUT2D eigenvalue weighted by atomic mass is 36.0. The Balaban J connectivity index is 0.000000292. The molecule has 1 rings (SSSR count). The summed E-state index contributed by atoms with van der Waals surface area (Å²) in [5, 5.41) is 0. The fourth-order valence-electron chi connectivity index (χ4n) is 0.741. The van der Waals surface area contributed by atoms with Crippen molar-refractivity contribution in [2.24, 2.45) is 0 Å². The van der Waals surface area contributed by atoms with Gasteiger partial charge >= 0.3 is 8.26 Å². The number of rotatable bonds is 2. The minimum atomic E-state index is -3.72. The number of methoxy groups -OCH3 is 1. The van der Waals surface area contributed by atoms with E-state index in [0.717, 1.165) is 0 Å². The molecule has 0 heterocycles. The predicted octanol–water partition coefficient (Wildman–Crippen LogP) is 2.54. The van der Waals surface area contributed by atoms with E-state index in [1.165, 1.54) is 5.56 Å². The zero-order valence-electron chi connectivity index (χ0n) is 7.48. The van der Waals surface area contributed by atoms with Crippen LogP contribution >= 0.6 is 21.4 Å². The van der Waals surface area contributed by atoms with E-state index in [4.69, 9.17) is 13.2 Å². The molecule has 0 aliphatic carbocycles. The molecule has 0 fully saturated rings. The summed E-state index contributed by atoms with van der Waals surface area (Å²) in [5.74, 6) is 0. The van der Waals surface area contributed by atoms with Crippen LogP contribution in [0.5, 0.6) is 0 Å². The van der Waals surface area contributed by atoms with Crippen LogP contribution in [0, 0.1) is 0 Å². The third-order valence-corrected chi connectivity index (χ3v) is 1.15. The van der Waals surface area contributed by atoms with E-state index in [9.17, 15) is 0 Å². The molecule has 0 amide bonds. The molecule has 0 atom stereocenters. The van der Waals surface area contributed by atoms with Crippen LogP contribution in [0.3, 0.4) is 0 Å². The van der Waals surface area contributed by atoms with Gasteiger partial charge in [0.05, 0.1) is 6.61 Å². The quantitative estimate of drug-likeness (QED) is 0.764. The lowest BCUT2D eigenvalue weighted by molar-refractivity contribution is 0.185. The van der Waals surface area contributed by atoms with E-state index in [1.54, 1.807) is 7.11 Å². The second-order valence-corrected chi connectivity index (χ2v) is 5.97. The van der Waals surface area contributed by atoms with Gasteiger partial charge in [-0.2, -0.15) is 8.42 Å². The van der Waals surface area contributed by atoms with Gasteiger partial charge in [0.1, 0.15) is 0 Å². The molecular formula is C8H10Cl2O3S. The topological polar surface area (TPSA) is 43.4 Å². The number of hydrogen-bond acceptors (Lipinski definition) is 3. The molecule has 0 bridgehead atoms. The Morgan fingerprint density at radius 2 is 1.64 bits per heavy atom. The average molecular weight is 257 g/mol. The van der Waals surface area contributed by atoms with Crippen molar-refractivity contribution in [3.63, 3.8) is 0 Å². The van der Waals surface area contributed by atoms with Crippen molar-refractivity contribution >= 4 is 29.6 Å². The van der Waals surface area contributed by atoms with Crippen molar-refractivity contribution in [3.8, 4) is 0 Å². The second kappa shape index (κ2) is 7.06. The molecule has 0 saturated carbocycles. The molecule has 0 aliphatic rings. The summed E-state index contributed by atoms with van der Waals surface area (Å²) >= 11 is 0. The van der Waals surface area contributed by atoms with Crippen molar-refractivity contribution in [1.82, 2.24) is 0 Å². The fraction of sp³-hybridized carbons (Fsp3) is 0.250. The molecule has 0 spiro atoms. The maximum absolute atomic E-state index is 9.16. The summed E-state index contributed by atoms with van der Waals surface area (Å²) in [5.41, 5.74) is 1.22. The summed E-state index contributed by atoms with van der Waals surface area (Å²) in [6, 6.07) is 10.1. The smallest absolute Gasteiger partial charge is 0.317 e. The summed E-state index contributed by atoms with van der Waals surface area (Å²) in [6.45, 7) is 0.709. The Kier molecular flexibility index (Phi) is 6.92. The van der Waals surface area contributed by atoms with Gasteiger partial charge in [0.25, 0.3) is 0 Å². The van der Waals surface area contributed by atoms with Crippen molar-refractivity contribution in [2.45, 2.75) is 6.61 Å². The summed E-state index contributed by atoms with van der Waals surface area (Å²) in [4.78, 5) is 0. The van der Waals surface area contributed by atoms with E-state index in [0.29, 0.717) is 6.61 Å². The van der Waals surface area contributed by atoms with Crippen molar-refractivity contribution in [1.29, 1.82) is 0 Å². The molecule has 0 aliphatic heterocycles. The first kappa shape index (κ1) is 13.7. The zero-order valence-corrected chi connectivity index (χ0v) is 9.81. The molecular weight excluding hydrogens is 247 g/mol. The van der Waals surface area contributed by atoms with E-state index in [1.807, 2.05) is 30.3 Å². The fourth-order valence-corrected chi connectivity index (χ4v) is 0.741. The van der Waals surface area contributed by atoms with Gasteiger partial charge in [0.15, 0.2) is 0 Å². The van der Waals surface area contributed by atoms with Crippen LogP contribution in [0.2, 0.25) is 0 Å². The lowest BCUT2D eigenvalue weighted by atomic mass is 10.2. The Hall–Kier alpha value is -0.290. The van der Waals surface area contributed by atoms with Crippen molar-refractivity contribution in [3.05, 3.63) is 35.9 Å². The van der Waals surface area contributed by atoms with Gasteiger partial charge in [0.2, 0.25) is 0 Å². The lowest BCUT2D eigenvalue weighted by Gasteiger charge is -1.95. The van der Waals surface area contributed by atoms with Crippen LogP contribution in [-0.2, 0) is 19.6 Å². The molecule has 0 radical (unpaired) electrons. The lowest BCUT2D eigenvalue weighted by Crippen LogP contribution is -1.84. The van der Waals surface area contributed by atoms with Crippen LogP contribution in [-0.4, -0.2) is 15.5 Å². The van der Waals surface area contributed by atoms with Gasteiger partial charge in [0, 0.05) is 28.5 Å². The predicted molar refractivity (Wildman–Crippen MR) is 57.8 cm³/mol. The van der Waals surface area contributed by atoms with Gasteiger partial charge in [-0.25, -0.2) is 0 Å². The minimum absolute atomic E-state index is 0.709. The maximum atomic E-state index is 9.16. The second-order valence-electron chi connectivity index (χ2n) is 2.30.